The van der Waals surface area contributed by atoms with Crippen molar-refractivity contribution in [2.75, 3.05) is 45.2 Å². The molecule has 12 heteroatoms. The summed E-state index contributed by atoms with van der Waals surface area (Å²) < 4.78 is 35.7. The number of ether oxygens (including phenoxy) is 3. The number of hydrogen-bond donors (Lipinski definition) is 1. The van der Waals surface area contributed by atoms with Gasteiger partial charge in [0, 0.05) is 63.9 Å². The Morgan fingerprint density at radius 1 is 1.06 bits per heavy atom. The Morgan fingerprint density at radius 3 is 2.43 bits per heavy atom. The van der Waals surface area contributed by atoms with Gasteiger partial charge in [-0.25, -0.2) is 4.39 Å². The maximum atomic E-state index is 15.9. The fraction of sp³-hybridized carbons (Fsp3) is 0.541. The van der Waals surface area contributed by atoms with E-state index in [0.29, 0.717) is 64.0 Å². The summed E-state index contributed by atoms with van der Waals surface area (Å²) in [6, 6.07) is 10.1. The predicted molar refractivity (Wildman–Crippen MR) is 185 cm³/mol. The van der Waals surface area contributed by atoms with Crippen molar-refractivity contribution in [2.24, 2.45) is 13.0 Å². The predicted octanol–water partition coefficient (Wildman–Crippen LogP) is 5.94. The van der Waals surface area contributed by atoms with E-state index in [1.807, 2.05) is 47.7 Å². The number of Topliss-reactive ketones (excluding diaryl/α,β-unsaturated/α-hetero) is 1. The highest BCUT2D eigenvalue weighted by molar-refractivity contribution is 6.34. The standard InChI is InChI=1S/C37H46ClFN4O6/c1-5-48-35(46)24-12-14-26(15-13-24)49-37(42-16-8-9-17-42,43-22-36(2,23-43)47-4)33(44)19-25-18-29(38)31(20-30(25)39)40-34(45)28-21-41(3)32-11-7-6-10-27(28)32/h6-7,10-11,18,20-21,24,26H,5,8-9,12-17,19,22-23H2,1-4H3,(H,40,45)/t24-,26-,37?. The van der Waals surface area contributed by atoms with Crippen molar-refractivity contribution in [2.45, 2.75) is 76.3 Å². The molecular formula is C37H46ClFN4O6. The van der Waals surface area contributed by atoms with Crippen molar-refractivity contribution in [3.8, 4) is 0 Å². The molecule has 3 aromatic rings. The van der Waals surface area contributed by atoms with Gasteiger partial charge < -0.3 is 24.1 Å². The largest absolute Gasteiger partial charge is 0.466 e. The Labute approximate surface area is 291 Å². The maximum Gasteiger partial charge on any atom is 0.308 e. The van der Waals surface area contributed by atoms with Crippen LogP contribution in [0.4, 0.5) is 10.1 Å². The van der Waals surface area contributed by atoms with Crippen LogP contribution in [0.2, 0.25) is 5.02 Å². The Bertz CT molecular complexity index is 1710. The van der Waals surface area contributed by atoms with E-state index in [2.05, 4.69) is 10.2 Å². The molecule has 49 heavy (non-hydrogen) atoms. The van der Waals surface area contributed by atoms with Gasteiger partial charge in [-0.2, -0.15) is 0 Å². The number of amides is 1. The number of likely N-dealkylation sites (tertiary alicyclic amines) is 2. The minimum absolute atomic E-state index is 0.117. The number of nitrogens with zero attached hydrogens (tertiary/aromatic N) is 3. The third-order valence-electron chi connectivity index (χ3n) is 10.4. The van der Waals surface area contributed by atoms with Crippen LogP contribution in [-0.4, -0.2) is 89.5 Å². The minimum atomic E-state index is -1.43. The van der Waals surface area contributed by atoms with Gasteiger partial charge in [0.25, 0.3) is 5.91 Å². The van der Waals surface area contributed by atoms with Gasteiger partial charge >= 0.3 is 5.97 Å². The highest BCUT2D eigenvalue weighted by Gasteiger charge is 2.59. The molecule has 10 nitrogen and oxygen atoms in total. The van der Waals surface area contributed by atoms with Crippen molar-refractivity contribution in [1.29, 1.82) is 0 Å². The number of methoxy groups -OCH3 is 1. The van der Waals surface area contributed by atoms with E-state index in [1.165, 1.54) is 12.1 Å². The Hall–Kier alpha value is -3.35. The number of fused-ring (bicyclic) bond motifs is 1. The van der Waals surface area contributed by atoms with Crippen molar-refractivity contribution >= 4 is 45.9 Å². The Balaban J connectivity index is 1.25. The van der Waals surface area contributed by atoms with E-state index < -0.39 is 23.2 Å². The summed E-state index contributed by atoms with van der Waals surface area (Å²) in [5.41, 5.74) is 1.12. The second-order valence-electron chi connectivity index (χ2n) is 13.8. The highest BCUT2D eigenvalue weighted by atomic mass is 35.5. The first kappa shape index (κ1) is 35.5. The molecular weight excluding hydrogens is 651 g/mol. The smallest absolute Gasteiger partial charge is 0.308 e. The molecule has 1 N–H and O–H groups in total. The first-order valence-corrected chi connectivity index (χ1v) is 17.6. The Kier molecular flexibility index (Phi) is 10.5. The second-order valence-corrected chi connectivity index (χ2v) is 14.2. The molecule has 3 heterocycles. The van der Waals surface area contributed by atoms with Crippen LogP contribution < -0.4 is 5.32 Å². The normalized spacial score (nSPS) is 22.4. The van der Waals surface area contributed by atoms with Gasteiger partial charge in [0.1, 0.15) is 5.82 Å². The summed E-state index contributed by atoms with van der Waals surface area (Å²) in [6.07, 6.45) is 5.44. The molecule has 1 atom stereocenters. The van der Waals surface area contributed by atoms with Gasteiger partial charge in [0.15, 0.2) is 5.78 Å². The van der Waals surface area contributed by atoms with E-state index >= 15 is 4.39 Å². The van der Waals surface area contributed by atoms with Crippen LogP contribution in [-0.2, 0) is 37.3 Å². The third-order valence-corrected chi connectivity index (χ3v) is 10.7. The monoisotopic (exact) mass is 696 g/mol. The fourth-order valence-corrected chi connectivity index (χ4v) is 7.85. The lowest BCUT2D eigenvalue weighted by molar-refractivity contribution is -0.297. The molecule has 2 aromatic carbocycles. The summed E-state index contributed by atoms with van der Waals surface area (Å²) in [4.78, 5) is 44.5. The summed E-state index contributed by atoms with van der Waals surface area (Å²) in [6.45, 7) is 6.39. The molecule has 264 valence electrons. The topological polar surface area (TPSA) is 102 Å². The fourth-order valence-electron chi connectivity index (χ4n) is 7.62. The van der Waals surface area contributed by atoms with Crippen LogP contribution in [0.25, 0.3) is 10.9 Å². The molecule has 1 aliphatic carbocycles. The SMILES string of the molecule is CCOC(=O)[C@H]1CC[C@H](OC(C(=O)Cc2cc(Cl)c(NC(=O)c3cn(C)c4ccccc34)cc2F)(N2CCCC2)N2CC(C)(OC)C2)CC1. The number of anilines is 1. The van der Waals surface area contributed by atoms with Crippen LogP contribution in [0.15, 0.2) is 42.6 Å². The quantitative estimate of drug-likeness (QED) is 0.232. The highest BCUT2D eigenvalue weighted by Crippen LogP contribution is 2.41. The molecule has 6 rings (SSSR count). The van der Waals surface area contributed by atoms with E-state index in [0.717, 1.165) is 23.7 Å². The number of nitrogens with one attached hydrogen (secondary N) is 1. The summed E-state index contributed by atoms with van der Waals surface area (Å²) in [5, 5.41) is 3.65. The molecule has 0 spiro atoms. The number of carbonyl (C=O) groups is 3. The van der Waals surface area contributed by atoms with Crippen molar-refractivity contribution < 1.29 is 33.0 Å². The number of carbonyl (C=O) groups excluding carboxylic acids is 3. The van der Waals surface area contributed by atoms with E-state index in [4.69, 9.17) is 25.8 Å². The van der Waals surface area contributed by atoms with Crippen LogP contribution >= 0.6 is 11.6 Å². The average molecular weight is 697 g/mol. The van der Waals surface area contributed by atoms with E-state index in [1.54, 1.807) is 20.2 Å². The zero-order valence-electron chi connectivity index (χ0n) is 28.7. The van der Waals surface area contributed by atoms with Crippen LogP contribution in [0.3, 0.4) is 0 Å². The number of ketones is 1. The first-order valence-electron chi connectivity index (χ1n) is 17.2. The molecule has 1 saturated carbocycles. The Morgan fingerprint density at radius 2 is 1.76 bits per heavy atom. The summed E-state index contributed by atoms with van der Waals surface area (Å²) >= 11 is 6.65. The van der Waals surface area contributed by atoms with Crippen LogP contribution in [0.5, 0.6) is 0 Å². The van der Waals surface area contributed by atoms with Crippen molar-refractivity contribution in [3.63, 3.8) is 0 Å². The molecule has 2 saturated heterocycles. The summed E-state index contributed by atoms with van der Waals surface area (Å²) in [7, 11) is 3.51. The van der Waals surface area contributed by atoms with Crippen LogP contribution in [0, 0.1) is 11.7 Å². The van der Waals surface area contributed by atoms with Gasteiger partial charge in [-0.15, -0.1) is 0 Å². The van der Waals surface area contributed by atoms with E-state index in [-0.39, 0.29) is 46.5 Å². The molecule has 1 aromatic heterocycles. The van der Waals surface area contributed by atoms with Gasteiger partial charge in [0.2, 0.25) is 5.85 Å². The molecule has 3 fully saturated rings. The number of benzene rings is 2. The summed E-state index contributed by atoms with van der Waals surface area (Å²) in [5.74, 6) is -3.17. The van der Waals surface area contributed by atoms with Crippen molar-refractivity contribution in [3.05, 3.63) is 64.6 Å². The zero-order chi connectivity index (χ0) is 34.9. The molecule has 0 bridgehead atoms. The number of halogens is 2. The third kappa shape index (κ3) is 7.01. The van der Waals surface area contributed by atoms with Gasteiger partial charge in [-0.3, -0.25) is 24.2 Å². The number of aryl methyl sites for hydroxylation is 1. The first-order chi connectivity index (χ1) is 23.5. The minimum Gasteiger partial charge on any atom is -0.466 e. The van der Waals surface area contributed by atoms with Crippen molar-refractivity contribution in [1.82, 2.24) is 14.4 Å². The molecule has 1 amide bonds. The molecule has 2 aliphatic heterocycles. The van der Waals surface area contributed by atoms with Gasteiger partial charge in [-0.1, -0.05) is 29.8 Å². The molecule has 1 unspecified atom stereocenters. The number of hydrogen-bond acceptors (Lipinski definition) is 8. The molecule has 0 radical (unpaired) electrons. The van der Waals surface area contributed by atoms with Gasteiger partial charge in [0.05, 0.1) is 40.5 Å². The number of rotatable bonds is 12. The maximum absolute atomic E-state index is 15.9. The lowest BCUT2D eigenvalue weighted by Crippen LogP contribution is -2.77. The lowest BCUT2D eigenvalue weighted by Gasteiger charge is -2.58. The zero-order valence-corrected chi connectivity index (χ0v) is 29.5. The van der Waals surface area contributed by atoms with Gasteiger partial charge in [-0.05, 0) is 76.1 Å². The number of esters is 1. The molecule has 3 aliphatic rings. The number of aromatic nitrogens is 1. The number of para-hydroxylation sites is 1. The van der Waals surface area contributed by atoms with E-state index in [9.17, 15) is 14.4 Å². The lowest BCUT2D eigenvalue weighted by atomic mass is 9.86. The van der Waals surface area contributed by atoms with Crippen LogP contribution in [0.1, 0.15) is 68.3 Å². The second kappa shape index (κ2) is 14.5. The average Bonchev–Trinajstić information content (AvgIpc) is 3.74.